The molecule has 0 aliphatic carbocycles. The van der Waals surface area contributed by atoms with Crippen LogP contribution in [0.4, 0.5) is 5.69 Å². The number of carbonyl (C=O) groups is 3. The number of hydrogen-bond acceptors (Lipinski definition) is 5. The van der Waals surface area contributed by atoms with Crippen molar-refractivity contribution < 1.29 is 14.4 Å². The first kappa shape index (κ1) is 21.7. The Kier molecular flexibility index (Phi) is 7.83. The number of rotatable bonds is 8. The third-order valence-corrected chi connectivity index (χ3v) is 4.38. The van der Waals surface area contributed by atoms with Crippen LogP contribution in [0.3, 0.4) is 0 Å². The van der Waals surface area contributed by atoms with E-state index in [0.29, 0.717) is 17.7 Å². The van der Waals surface area contributed by atoms with E-state index >= 15 is 0 Å². The SMILES string of the molecule is CC(C)C[C@H](N)C(=O)NCC(=O)Nc1ccccc1C(=O)c1cc(Br)ccn1. The molecule has 0 aliphatic heterocycles. The Morgan fingerprint density at radius 3 is 2.57 bits per heavy atom. The van der Waals surface area contributed by atoms with Crippen LogP contribution in [0.5, 0.6) is 0 Å². The van der Waals surface area contributed by atoms with Gasteiger partial charge >= 0.3 is 0 Å². The van der Waals surface area contributed by atoms with Crippen molar-refractivity contribution in [2.75, 3.05) is 11.9 Å². The molecular formula is C20H23BrN4O3. The van der Waals surface area contributed by atoms with Gasteiger partial charge < -0.3 is 16.4 Å². The van der Waals surface area contributed by atoms with Gasteiger partial charge in [-0.05, 0) is 36.6 Å². The van der Waals surface area contributed by atoms with Crippen LogP contribution in [0.25, 0.3) is 0 Å². The highest BCUT2D eigenvalue weighted by molar-refractivity contribution is 9.10. The number of carbonyl (C=O) groups excluding carboxylic acids is 3. The number of nitrogens with two attached hydrogens (primary N) is 1. The second-order valence-corrected chi connectivity index (χ2v) is 7.65. The number of ketones is 1. The van der Waals surface area contributed by atoms with Gasteiger partial charge in [-0.1, -0.05) is 41.9 Å². The molecule has 148 valence electrons. The molecule has 0 bridgehead atoms. The van der Waals surface area contributed by atoms with E-state index in [2.05, 4.69) is 31.5 Å². The second-order valence-electron chi connectivity index (χ2n) is 6.74. The molecule has 1 aromatic heterocycles. The number of halogens is 1. The summed E-state index contributed by atoms with van der Waals surface area (Å²) in [6.45, 7) is 3.70. The maximum absolute atomic E-state index is 12.7. The zero-order chi connectivity index (χ0) is 20.7. The number of anilines is 1. The molecule has 0 radical (unpaired) electrons. The average molecular weight is 447 g/mol. The van der Waals surface area contributed by atoms with Crippen molar-refractivity contribution in [3.05, 3.63) is 58.3 Å². The Hall–Kier alpha value is -2.58. The fraction of sp³-hybridized carbons (Fsp3) is 0.300. The molecule has 0 fully saturated rings. The highest BCUT2D eigenvalue weighted by Gasteiger charge is 2.18. The number of hydrogen-bond donors (Lipinski definition) is 3. The van der Waals surface area contributed by atoms with E-state index in [9.17, 15) is 14.4 Å². The Morgan fingerprint density at radius 1 is 1.18 bits per heavy atom. The molecule has 0 aliphatic rings. The smallest absolute Gasteiger partial charge is 0.243 e. The van der Waals surface area contributed by atoms with Gasteiger partial charge in [-0.15, -0.1) is 0 Å². The lowest BCUT2D eigenvalue weighted by atomic mass is 10.0. The number of pyridine rings is 1. The first-order valence-electron chi connectivity index (χ1n) is 8.86. The van der Waals surface area contributed by atoms with Crippen LogP contribution in [0.1, 0.15) is 36.3 Å². The highest BCUT2D eigenvalue weighted by atomic mass is 79.9. The van der Waals surface area contributed by atoms with Crippen LogP contribution >= 0.6 is 15.9 Å². The van der Waals surface area contributed by atoms with Crippen LogP contribution < -0.4 is 16.4 Å². The number of para-hydroxylation sites is 1. The Morgan fingerprint density at radius 2 is 1.89 bits per heavy atom. The van der Waals surface area contributed by atoms with Crippen molar-refractivity contribution in [1.82, 2.24) is 10.3 Å². The molecule has 1 heterocycles. The molecular weight excluding hydrogens is 424 g/mol. The summed E-state index contributed by atoms with van der Waals surface area (Å²) in [5, 5.41) is 5.17. The van der Waals surface area contributed by atoms with Gasteiger partial charge in [0, 0.05) is 16.2 Å². The predicted octanol–water partition coefficient (Wildman–Crippen LogP) is 2.50. The summed E-state index contributed by atoms with van der Waals surface area (Å²) in [6.07, 6.45) is 2.05. The molecule has 2 rings (SSSR count). The van der Waals surface area contributed by atoms with Crippen LogP contribution in [-0.2, 0) is 9.59 Å². The lowest BCUT2D eigenvalue weighted by Crippen LogP contribution is -2.44. The van der Waals surface area contributed by atoms with Gasteiger partial charge in [0.2, 0.25) is 17.6 Å². The Labute approximate surface area is 172 Å². The fourth-order valence-corrected chi connectivity index (χ4v) is 2.90. The van der Waals surface area contributed by atoms with E-state index in [1.165, 1.54) is 6.20 Å². The van der Waals surface area contributed by atoms with Gasteiger partial charge in [0.15, 0.2) is 0 Å². The molecule has 1 aromatic carbocycles. The van der Waals surface area contributed by atoms with Crippen molar-refractivity contribution in [3.63, 3.8) is 0 Å². The summed E-state index contributed by atoms with van der Waals surface area (Å²) in [4.78, 5) is 41.0. The standard InChI is InChI=1S/C20H23BrN4O3/c1-12(2)9-15(22)20(28)24-11-18(26)25-16-6-4-3-5-14(16)19(27)17-10-13(21)7-8-23-17/h3-8,10,12,15H,9,11,22H2,1-2H3,(H,24,28)(H,25,26)/t15-/m0/s1. The van der Waals surface area contributed by atoms with E-state index < -0.39 is 11.9 Å². The van der Waals surface area contributed by atoms with Crippen molar-refractivity contribution >= 4 is 39.2 Å². The molecule has 8 heteroatoms. The lowest BCUT2D eigenvalue weighted by molar-refractivity contribution is -0.125. The van der Waals surface area contributed by atoms with Gasteiger partial charge in [0.1, 0.15) is 5.69 Å². The molecule has 4 N–H and O–H groups in total. The number of amides is 2. The number of nitrogens with zero attached hydrogens (tertiary/aromatic N) is 1. The van der Waals surface area contributed by atoms with E-state index in [-0.39, 0.29) is 29.8 Å². The highest BCUT2D eigenvalue weighted by Crippen LogP contribution is 2.20. The molecule has 7 nitrogen and oxygen atoms in total. The first-order valence-corrected chi connectivity index (χ1v) is 9.65. The molecule has 1 atom stereocenters. The summed E-state index contributed by atoms with van der Waals surface area (Å²) in [5.74, 6) is -0.876. The first-order chi connectivity index (χ1) is 13.3. The molecule has 0 saturated heterocycles. The zero-order valence-electron chi connectivity index (χ0n) is 15.7. The molecule has 0 saturated carbocycles. The van der Waals surface area contributed by atoms with Crippen LogP contribution in [0.15, 0.2) is 47.1 Å². The summed E-state index contributed by atoms with van der Waals surface area (Å²) in [6, 6.07) is 9.30. The summed E-state index contributed by atoms with van der Waals surface area (Å²) < 4.78 is 0.729. The van der Waals surface area contributed by atoms with Gasteiger partial charge in [0.05, 0.1) is 18.3 Å². The van der Waals surface area contributed by atoms with Crippen molar-refractivity contribution in [2.24, 2.45) is 11.7 Å². The third-order valence-electron chi connectivity index (χ3n) is 3.89. The van der Waals surface area contributed by atoms with Crippen LogP contribution in [0, 0.1) is 5.92 Å². The maximum atomic E-state index is 12.7. The topological polar surface area (TPSA) is 114 Å². The minimum absolute atomic E-state index is 0.234. The predicted molar refractivity (Wildman–Crippen MR) is 111 cm³/mol. The van der Waals surface area contributed by atoms with Crippen molar-refractivity contribution in [2.45, 2.75) is 26.3 Å². The zero-order valence-corrected chi connectivity index (χ0v) is 17.3. The van der Waals surface area contributed by atoms with E-state index in [1.807, 2.05) is 13.8 Å². The molecule has 2 aromatic rings. The monoisotopic (exact) mass is 446 g/mol. The average Bonchev–Trinajstić information content (AvgIpc) is 2.65. The normalized spacial score (nSPS) is 11.8. The second kappa shape index (κ2) is 10.1. The maximum Gasteiger partial charge on any atom is 0.243 e. The van der Waals surface area contributed by atoms with Gasteiger partial charge in [-0.3, -0.25) is 19.4 Å². The van der Waals surface area contributed by atoms with Gasteiger partial charge in [-0.25, -0.2) is 0 Å². The molecule has 0 spiro atoms. The number of aromatic nitrogens is 1. The third kappa shape index (κ3) is 6.24. The minimum Gasteiger partial charge on any atom is -0.346 e. The number of nitrogens with one attached hydrogen (secondary N) is 2. The van der Waals surface area contributed by atoms with E-state index in [1.54, 1.807) is 36.4 Å². The Balaban J connectivity index is 2.04. The van der Waals surface area contributed by atoms with Gasteiger partial charge in [0.25, 0.3) is 0 Å². The molecule has 2 amide bonds. The summed E-state index contributed by atoms with van der Waals surface area (Å²) in [7, 11) is 0. The lowest BCUT2D eigenvalue weighted by Gasteiger charge is -2.14. The van der Waals surface area contributed by atoms with Gasteiger partial charge in [-0.2, -0.15) is 0 Å². The largest absolute Gasteiger partial charge is 0.346 e. The summed E-state index contributed by atoms with van der Waals surface area (Å²) >= 11 is 3.31. The molecule has 28 heavy (non-hydrogen) atoms. The minimum atomic E-state index is -0.663. The van der Waals surface area contributed by atoms with Crippen molar-refractivity contribution in [1.29, 1.82) is 0 Å². The fourth-order valence-electron chi connectivity index (χ4n) is 2.56. The van der Waals surface area contributed by atoms with Crippen LogP contribution in [-0.4, -0.2) is 35.2 Å². The van der Waals surface area contributed by atoms with Crippen LogP contribution in [0.2, 0.25) is 0 Å². The number of benzene rings is 1. The Bertz CT molecular complexity index is 870. The molecule has 0 unspecified atom stereocenters. The quantitative estimate of drug-likeness (QED) is 0.538. The van der Waals surface area contributed by atoms with E-state index in [0.717, 1.165) is 4.47 Å². The van der Waals surface area contributed by atoms with Crippen molar-refractivity contribution in [3.8, 4) is 0 Å². The summed E-state index contributed by atoms with van der Waals surface area (Å²) in [5.41, 5.74) is 6.71. The van der Waals surface area contributed by atoms with E-state index in [4.69, 9.17) is 5.73 Å².